The topological polar surface area (TPSA) is 30.7 Å². The van der Waals surface area contributed by atoms with Crippen molar-refractivity contribution in [3.05, 3.63) is 163 Å². The highest BCUT2D eigenvalue weighted by Gasteiger charge is 2.20. The normalized spacial score (nSPS) is 14.6. The van der Waals surface area contributed by atoms with E-state index in [4.69, 9.17) is 9.97 Å². The van der Waals surface area contributed by atoms with Crippen LogP contribution in [0.3, 0.4) is 0 Å². The second-order valence-corrected chi connectivity index (χ2v) is 11.8. The van der Waals surface area contributed by atoms with Crippen molar-refractivity contribution in [2.24, 2.45) is 0 Å². The second-order valence-electron chi connectivity index (χ2n) is 11.8. The summed E-state index contributed by atoms with van der Waals surface area (Å²) in [5.74, 6) is 1.08. The van der Waals surface area contributed by atoms with Crippen LogP contribution in [0.1, 0.15) is 17.9 Å². The van der Waals surface area contributed by atoms with Crippen LogP contribution in [0.2, 0.25) is 0 Å². The Bertz CT molecular complexity index is 2450. The minimum Gasteiger partial charge on any atom is -0.278 e. The highest BCUT2D eigenvalue weighted by molar-refractivity contribution is 6.21. The summed E-state index contributed by atoms with van der Waals surface area (Å²) < 4.78 is 2.26. The van der Waals surface area contributed by atoms with Crippen molar-refractivity contribution in [3.8, 4) is 28.3 Å². The van der Waals surface area contributed by atoms with Gasteiger partial charge in [0.05, 0.1) is 22.2 Å². The molecule has 3 heteroatoms. The summed E-state index contributed by atoms with van der Waals surface area (Å²) in [6.45, 7) is 0. The Kier molecular flexibility index (Phi) is 5.95. The Hall–Kier alpha value is -5.80. The van der Waals surface area contributed by atoms with Gasteiger partial charge >= 0.3 is 0 Å². The number of allylic oxidation sites excluding steroid dienone is 4. The van der Waals surface area contributed by atoms with Crippen LogP contribution in [0.25, 0.3) is 71.8 Å². The van der Waals surface area contributed by atoms with Crippen LogP contribution in [0.4, 0.5) is 0 Å². The minimum atomic E-state index is 0.410. The van der Waals surface area contributed by atoms with Crippen molar-refractivity contribution in [2.45, 2.75) is 12.3 Å². The Balaban J connectivity index is 1.31. The molecule has 0 N–H and O–H groups in total. The van der Waals surface area contributed by atoms with E-state index in [1.807, 2.05) is 0 Å². The molecule has 0 spiro atoms. The number of benzene rings is 6. The first-order valence-electron chi connectivity index (χ1n) is 15.5. The summed E-state index contributed by atoms with van der Waals surface area (Å²) in [7, 11) is 0. The number of fused-ring (bicyclic) bond motifs is 6. The summed E-state index contributed by atoms with van der Waals surface area (Å²) >= 11 is 0. The number of aromatic nitrogens is 3. The first-order valence-corrected chi connectivity index (χ1v) is 15.5. The van der Waals surface area contributed by atoms with Crippen molar-refractivity contribution in [2.75, 3.05) is 0 Å². The molecule has 0 amide bonds. The van der Waals surface area contributed by atoms with Gasteiger partial charge in [-0.2, -0.15) is 0 Å². The predicted molar refractivity (Wildman–Crippen MR) is 188 cm³/mol. The van der Waals surface area contributed by atoms with Gasteiger partial charge in [0.15, 0.2) is 0 Å². The molecule has 2 aromatic heterocycles. The molecule has 212 valence electrons. The number of hydrogen-bond acceptors (Lipinski definition) is 2. The predicted octanol–water partition coefficient (Wildman–Crippen LogP) is 10.8. The second kappa shape index (κ2) is 10.4. The molecule has 0 aliphatic heterocycles. The van der Waals surface area contributed by atoms with Gasteiger partial charge in [-0.3, -0.25) is 4.57 Å². The Morgan fingerprint density at radius 3 is 2.18 bits per heavy atom. The van der Waals surface area contributed by atoms with Gasteiger partial charge in [-0.1, -0.05) is 140 Å². The van der Waals surface area contributed by atoms with Gasteiger partial charge in [0, 0.05) is 27.6 Å². The first kappa shape index (κ1) is 25.7. The lowest BCUT2D eigenvalue weighted by molar-refractivity contribution is 0.854. The van der Waals surface area contributed by atoms with Crippen LogP contribution >= 0.6 is 0 Å². The van der Waals surface area contributed by atoms with E-state index >= 15 is 0 Å². The molecular weight excluding hydrogens is 546 g/mol. The van der Waals surface area contributed by atoms with Crippen LogP contribution in [-0.4, -0.2) is 14.5 Å². The van der Waals surface area contributed by atoms with Crippen molar-refractivity contribution in [3.63, 3.8) is 0 Å². The molecule has 0 bridgehead atoms. The molecule has 1 atom stereocenters. The Labute approximate surface area is 261 Å². The zero-order valence-electron chi connectivity index (χ0n) is 24.6. The molecule has 1 unspecified atom stereocenters. The lowest BCUT2D eigenvalue weighted by Crippen LogP contribution is -2.03. The number of rotatable bonds is 4. The minimum absolute atomic E-state index is 0.410. The standard InChI is InChI=1S/C42H29N3/c1-3-11-28(12-4-1)30-19-21-32(22-20-30)41-35-17-9-10-18-37(35)43-42(44-41)45-38-26-24-31-15-7-8-16-34(31)40(38)36-25-23-33(27-39(36)45)29-13-5-2-6-14-29/h1-11,13-28H,12H2. The van der Waals surface area contributed by atoms with Gasteiger partial charge in [0.25, 0.3) is 0 Å². The number of nitrogens with zero attached hydrogens (tertiary/aromatic N) is 3. The quantitative estimate of drug-likeness (QED) is 0.209. The van der Waals surface area contributed by atoms with Gasteiger partial charge in [-0.15, -0.1) is 0 Å². The number of para-hydroxylation sites is 1. The van der Waals surface area contributed by atoms with Gasteiger partial charge in [-0.25, -0.2) is 9.97 Å². The highest BCUT2D eigenvalue weighted by Crippen LogP contribution is 2.39. The Morgan fingerprint density at radius 2 is 1.33 bits per heavy atom. The summed E-state index contributed by atoms with van der Waals surface area (Å²) in [6, 6.07) is 47.7. The van der Waals surface area contributed by atoms with E-state index in [0.29, 0.717) is 11.9 Å². The average Bonchev–Trinajstić information content (AvgIpc) is 3.46. The first-order chi connectivity index (χ1) is 22.3. The molecular formula is C42H29N3. The maximum atomic E-state index is 5.37. The molecule has 9 rings (SSSR count). The molecule has 0 radical (unpaired) electrons. The van der Waals surface area contributed by atoms with Crippen molar-refractivity contribution in [1.29, 1.82) is 0 Å². The maximum absolute atomic E-state index is 5.37. The van der Waals surface area contributed by atoms with Gasteiger partial charge in [-0.05, 0) is 52.1 Å². The third-order valence-electron chi connectivity index (χ3n) is 9.15. The molecule has 0 saturated heterocycles. The van der Waals surface area contributed by atoms with Crippen molar-refractivity contribution < 1.29 is 0 Å². The Morgan fingerprint density at radius 1 is 0.556 bits per heavy atom. The molecule has 0 saturated carbocycles. The molecule has 3 nitrogen and oxygen atoms in total. The van der Waals surface area contributed by atoms with Gasteiger partial charge < -0.3 is 0 Å². The summed E-state index contributed by atoms with van der Waals surface area (Å²) in [6.07, 6.45) is 9.82. The largest absolute Gasteiger partial charge is 0.278 e. The van der Waals surface area contributed by atoms with E-state index in [0.717, 1.165) is 39.6 Å². The van der Waals surface area contributed by atoms with Crippen LogP contribution in [0, 0.1) is 0 Å². The van der Waals surface area contributed by atoms with E-state index in [1.165, 1.54) is 38.2 Å². The summed E-state index contributed by atoms with van der Waals surface area (Å²) in [5, 5.41) is 5.92. The monoisotopic (exact) mass is 575 g/mol. The third-order valence-corrected chi connectivity index (χ3v) is 9.15. The molecule has 0 fully saturated rings. The fourth-order valence-electron chi connectivity index (χ4n) is 6.91. The lowest BCUT2D eigenvalue weighted by Gasteiger charge is -2.15. The van der Waals surface area contributed by atoms with Crippen molar-refractivity contribution >= 4 is 43.5 Å². The van der Waals surface area contributed by atoms with E-state index in [-0.39, 0.29) is 0 Å². The van der Waals surface area contributed by atoms with E-state index in [2.05, 4.69) is 162 Å². The van der Waals surface area contributed by atoms with Crippen molar-refractivity contribution in [1.82, 2.24) is 14.5 Å². The zero-order chi connectivity index (χ0) is 29.7. The third kappa shape index (κ3) is 4.28. The maximum Gasteiger partial charge on any atom is 0.235 e. The molecule has 8 aromatic rings. The fraction of sp³-hybridized carbons (Fsp3) is 0.0476. The van der Waals surface area contributed by atoms with E-state index in [1.54, 1.807) is 0 Å². The smallest absolute Gasteiger partial charge is 0.235 e. The van der Waals surface area contributed by atoms with Crippen LogP contribution < -0.4 is 0 Å². The van der Waals surface area contributed by atoms with Crippen LogP contribution in [-0.2, 0) is 0 Å². The van der Waals surface area contributed by atoms with Crippen LogP contribution in [0.15, 0.2) is 158 Å². The van der Waals surface area contributed by atoms with E-state index < -0.39 is 0 Å². The molecule has 2 heterocycles. The van der Waals surface area contributed by atoms with Gasteiger partial charge in [0.1, 0.15) is 0 Å². The molecule has 1 aliphatic rings. The molecule has 1 aliphatic carbocycles. The molecule has 6 aromatic carbocycles. The van der Waals surface area contributed by atoms with Gasteiger partial charge in [0.2, 0.25) is 5.95 Å². The summed E-state index contributed by atoms with van der Waals surface area (Å²) in [5.41, 5.74) is 8.82. The fourth-order valence-corrected chi connectivity index (χ4v) is 6.91. The zero-order valence-corrected chi connectivity index (χ0v) is 24.6. The van der Waals surface area contributed by atoms with E-state index in [9.17, 15) is 0 Å². The highest BCUT2D eigenvalue weighted by atomic mass is 15.2. The van der Waals surface area contributed by atoms with Crippen LogP contribution in [0.5, 0.6) is 0 Å². The SMILES string of the molecule is C1=CCC(c2ccc(-c3nc(-n4c5cc(-c6ccccc6)ccc5c5c6ccccc6ccc54)nc4ccccc34)cc2)C=C1. The number of hydrogen-bond donors (Lipinski definition) is 0. The molecule has 45 heavy (non-hydrogen) atoms. The average molecular weight is 576 g/mol. The summed E-state index contributed by atoms with van der Waals surface area (Å²) in [4.78, 5) is 10.6. The lowest BCUT2D eigenvalue weighted by atomic mass is 9.91.